The standard InChI is InChI=1S/C13H15ClINO3/c1-13(2,7-12(18)19)6-11(17)16-10-4-3-8(15)5-9(10)14/h3-5H,6-7H2,1-2H3,(H,16,17)(H,18,19). The number of carboxylic acids is 1. The number of hydrogen-bond acceptors (Lipinski definition) is 2. The van der Waals surface area contributed by atoms with Gasteiger partial charge in [0.15, 0.2) is 0 Å². The van der Waals surface area contributed by atoms with E-state index in [1.807, 2.05) is 6.07 Å². The van der Waals surface area contributed by atoms with E-state index in [4.69, 9.17) is 16.7 Å². The predicted molar refractivity (Wildman–Crippen MR) is 83.4 cm³/mol. The van der Waals surface area contributed by atoms with Crippen molar-refractivity contribution in [3.05, 3.63) is 26.8 Å². The van der Waals surface area contributed by atoms with Crippen molar-refractivity contribution in [1.82, 2.24) is 0 Å². The van der Waals surface area contributed by atoms with Gasteiger partial charge in [-0.15, -0.1) is 0 Å². The molecule has 0 radical (unpaired) electrons. The summed E-state index contributed by atoms with van der Waals surface area (Å²) < 4.78 is 0.979. The molecule has 0 aromatic heterocycles. The molecule has 0 aliphatic rings. The lowest BCUT2D eigenvalue weighted by molar-refractivity contribution is -0.139. The normalized spacial score (nSPS) is 11.2. The van der Waals surface area contributed by atoms with Gasteiger partial charge in [0.1, 0.15) is 0 Å². The van der Waals surface area contributed by atoms with Crippen molar-refractivity contribution in [1.29, 1.82) is 0 Å². The first-order valence-electron chi connectivity index (χ1n) is 5.66. The zero-order valence-electron chi connectivity index (χ0n) is 10.7. The van der Waals surface area contributed by atoms with Gasteiger partial charge in [-0.2, -0.15) is 0 Å². The van der Waals surface area contributed by atoms with Crippen molar-refractivity contribution in [3.8, 4) is 0 Å². The molecule has 0 unspecified atom stereocenters. The van der Waals surface area contributed by atoms with Crippen molar-refractivity contribution in [2.75, 3.05) is 5.32 Å². The van der Waals surface area contributed by atoms with Crippen molar-refractivity contribution in [2.24, 2.45) is 5.41 Å². The SMILES string of the molecule is CC(C)(CC(=O)O)CC(=O)Nc1ccc(I)cc1Cl. The fourth-order valence-corrected chi connectivity index (χ4v) is 2.59. The number of carbonyl (C=O) groups excluding carboxylic acids is 1. The van der Waals surface area contributed by atoms with E-state index in [0.717, 1.165) is 3.57 Å². The van der Waals surface area contributed by atoms with Crippen LogP contribution >= 0.6 is 34.2 Å². The Labute approximate surface area is 130 Å². The van der Waals surface area contributed by atoms with Crippen LogP contribution in [-0.2, 0) is 9.59 Å². The van der Waals surface area contributed by atoms with Gasteiger partial charge in [0, 0.05) is 9.99 Å². The van der Waals surface area contributed by atoms with Crippen LogP contribution in [0.1, 0.15) is 26.7 Å². The molecule has 6 heteroatoms. The lowest BCUT2D eigenvalue weighted by Crippen LogP contribution is -2.24. The van der Waals surface area contributed by atoms with Crippen molar-refractivity contribution >= 4 is 51.8 Å². The van der Waals surface area contributed by atoms with E-state index in [0.29, 0.717) is 10.7 Å². The lowest BCUT2D eigenvalue weighted by Gasteiger charge is -2.21. The van der Waals surface area contributed by atoms with Crippen molar-refractivity contribution in [3.63, 3.8) is 0 Å². The zero-order valence-corrected chi connectivity index (χ0v) is 13.6. The van der Waals surface area contributed by atoms with Gasteiger partial charge in [-0.25, -0.2) is 0 Å². The first-order chi connectivity index (χ1) is 8.69. The minimum absolute atomic E-state index is 0.0547. The van der Waals surface area contributed by atoms with Gasteiger partial charge in [0.05, 0.1) is 17.1 Å². The zero-order chi connectivity index (χ0) is 14.6. The molecule has 0 aliphatic carbocycles. The topological polar surface area (TPSA) is 66.4 Å². The number of halogens is 2. The highest BCUT2D eigenvalue weighted by Gasteiger charge is 2.25. The monoisotopic (exact) mass is 395 g/mol. The van der Waals surface area contributed by atoms with Crippen LogP contribution in [0.25, 0.3) is 0 Å². The lowest BCUT2D eigenvalue weighted by atomic mass is 9.85. The van der Waals surface area contributed by atoms with E-state index in [2.05, 4.69) is 27.9 Å². The molecule has 2 N–H and O–H groups in total. The maximum absolute atomic E-state index is 11.9. The fraction of sp³-hybridized carbons (Fsp3) is 0.385. The third-order valence-electron chi connectivity index (χ3n) is 2.47. The number of amides is 1. The number of hydrogen-bond donors (Lipinski definition) is 2. The molecule has 0 spiro atoms. The second kappa shape index (κ2) is 6.56. The Balaban J connectivity index is 2.67. The Bertz CT molecular complexity index is 503. The molecule has 4 nitrogen and oxygen atoms in total. The van der Waals surface area contributed by atoms with Crippen LogP contribution in [0.3, 0.4) is 0 Å². The second-order valence-corrected chi connectivity index (χ2v) is 6.74. The Morgan fingerprint density at radius 3 is 2.53 bits per heavy atom. The highest BCUT2D eigenvalue weighted by Crippen LogP contribution is 2.28. The fourth-order valence-electron chi connectivity index (χ4n) is 1.69. The van der Waals surface area contributed by atoms with E-state index >= 15 is 0 Å². The Kier molecular flexibility index (Phi) is 5.61. The minimum Gasteiger partial charge on any atom is -0.481 e. The van der Waals surface area contributed by atoms with Crippen LogP contribution < -0.4 is 5.32 Å². The van der Waals surface area contributed by atoms with Gasteiger partial charge in [-0.05, 0) is 46.2 Å². The summed E-state index contributed by atoms with van der Waals surface area (Å²) in [5.41, 5.74) is -0.0517. The number of benzene rings is 1. The summed E-state index contributed by atoms with van der Waals surface area (Å²) >= 11 is 8.14. The summed E-state index contributed by atoms with van der Waals surface area (Å²) in [6, 6.07) is 5.32. The van der Waals surface area contributed by atoms with Crippen LogP contribution in [0, 0.1) is 8.99 Å². The van der Waals surface area contributed by atoms with Gasteiger partial charge in [0.25, 0.3) is 0 Å². The maximum atomic E-state index is 11.9. The van der Waals surface area contributed by atoms with Gasteiger partial charge in [-0.1, -0.05) is 25.4 Å². The molecule has 0 bridgehead atoms. The number of anilines is 1. The third-order valence-corrected chi connectivity index (χ3v) is 3.46. The molecule has 0 atom stereocenters. The average Bonchev–Trinajstić information content (AvgIpc) is 2.19. The molecule has 1 aromatic rings. The molecule has 104 valence electrons. The van der Waals surface area contributed by atoms with Crippen LogP contribution in [0.2, 0.25) is 5.02 Å². The van der Waals surface area contributed by atoms with Gasteiger partial charge >= 0.3 is 5.97 Å². The molecule has 1 aromatic carbocycles. The number of carboxylic acid groups (broad SMARTS) is 1. The smallest absolute Gasteiger partial charge is 0.303 e. The third kappa shape index (κ3) is 5.78. The molecular weight excluding hydrogens is 381 g/mol. The number of aliphatic carboxylic acids is 1. The number of nitrogens with one attached hydrogen (secondary N) is 1. The highest BCUT2D eigenvalue weighted by molar-refractivity contribution is 14.1. The highest BCUT2D eigenvalue weighted by atomic mass is 127. The van der Waals surface area contributed by atoms with E-state index in [1.54, 1.807) is 26.0 Å². The first-order valence-corrected chi connectivity index (χ1v) is 7.12. The van der Waals surface area contributed by atoms with Crippen molar-refractivity contribution < 1.29 is 14.7 Å². The molecule has 0 fully saturated rings. The van der Waals surface area contributed by atoms with Crippen LogP contribution in [0.5, 0.6) is 0 Å². The summed E-state index contributed by atoms with van der Waals surface area (Å²) in [6.07, 6.45) is 0.0719. The van der Waals surface area contributed by atoms with Gasteiger partial charge in [-0.3, -0.25) is 9.59 Å². The summed E-state index contributed by atoms with van der Waals surface area (Å²) in [7, 11) is 0. The molecule has 0 saturated heterocycles. The van der Waals surface area contributed by atoms with Crippen molar-refractivity contribution in [2.45, 2.75) is 26.7 Å². The molecule has 1 rings (SSSR count). The van der Waals surface area contributed by atoms with E-state index in [1.165, 1.54) is 0 Å². The minimum atomic E-state index is -0.912. The molecule has 19 heavy (non-hydrogen) atoms. The number of rotatable bonds is 5. The van der Waals surface area contributed by atoms with Crippen LogP contribution in [0.4, 0.5) is 5.69 Å². The van der Waals surface area contributed by atoms with Gasteiger partial charge in [0.2, 0.25) is 5.91 Å². The summed E-state index contributed by atoms with van der Waals surface area (Å²) in [5, 5.41) is 11.9. The Morgan fingerprint density at radius 2 is 2.00 bits per heavy atom. The van der Waals surface area contributed by atoms with E-state index < -0.39 is 11.4 Å². The van der Waals surface area contributed by atoms with E-state index in [9.17, 15) is 9.59 Å². The van der Waals surface area contributed by atoms with Crippen LogP contribution in [0.15, 0.2) is 18.2 Å². The summed E-state index contributed by atoms with van der Waals surface area (Å²) in [6.45, 7) is 3.49. The Morgan fingerprint density at radius 1 is 1.37 bits per heavy atom. The van der Waals surface area contributed by atoms with Crippen LogP contribution in [-0.4, -0.2) is 17.0 Å². The molecule has 0 heterocycles. The second-order valence-electron chi connectivity index (χ2n) is 5.08. The maximum Gasteiger partial charge on any atom is 0.303 e. The van der Waals surface area contributed by atoms with Gasteiger partial charge < -0.3 is 10.4 Å². The summed E-state index contributed by atoms with van der Waals surface area (Å²) in [4.78, 5) is 22.6. The average molecular weight is 396 g/mol. The molecule has 0 saturated carbocycles. The molecular formula is C13H15ClINO3. The largest absolute Gasteiger partial charge is 0.481 e. The summed E-state index contributed by atoms with van der Waals surface area (Å²) in [5.74, 6) is -1.15. The van der Waals surface area contributed by atoms with E-state index in [-0.39, 0.29) is 18.7 Å². The molecule has 0 aliphatic heterocycles. The Hall–Kier alpha value is -0.820. The molecule has 1 amide bonds. The first kappa shape index (κ1) is 16.2. The predicted octanol–water partition coefficient (Wildman–Crippen LogP) is 3.77. The quantitative estimate of drug-likeness (QED) is 0.746. The number of carbonyl (C=O) groups is 2.